The van der Waals surface area contributed by atoms with Crippen LogP contribution in [-0.2, 0) is 0 Å². The lowest BCUT2D eigenvalue weighted by Gasteiger charge is -2.08. The molecule has 0 amide bonds. The fourth-order valence-corrected chi connectivity index (χ4v) is 2.35. The number of pyridine rings is 1. The second-order valence-electron chi connectivity index (χ2n) is 5.85. The van der Waals surface area contributed by atoms with Crippen molar-refractivity contribution in [2.75, 3.05) is 11.9 Å². The second kappa shape index (κ2) is 8.91. The van der Waals surface area contributed by atoms with Gasteiger partial charge in [0, 0.05) is 11.4 Å². The van der Waals surface area contributed by atoms with E-state index in [4.69, 9.17) is 10.5 Å². The Hall–Kier alpha value is -2.56. The third-order valence-electron chi connectivity index (χ3n) is 3.46. The Balaban J connectivity index is 1.93. The van der Waals surface area contributed by atoms with Gasteiger partial charge in [-0.2, -0.15) is 4.99 Å². The van der Waals surface area contributed by atoms with Gasteiger partial charge in [0.05, 0.1) is 6.61 Å². The molecule has 0 fully saturated rings. The Morgan fingerprint density at radius 2 is 1.92 bits per heavy atom. The zero-order valence-corrected chi connectivity index (χ0v) is 14.7. The summed E-state index contributed by atoms with van der Waals surface area (Å²) in [6, 6.07) is 11.6. The molecule has 1 heterocycles. The van der Waals surface area contributed by atoms with E-state index >= 15 is 0 Å². The molecule has 0 bridgehead atoms. The van der Waals surface area contributed by atoms with Crippen LogP contribution in [0.5, 0.6) is 5.75 Å². The van der Waals surface area contributed by atoms with E-state index in [1.54, 1.807) is 0 Å². The Labute approximate surface area is 144 Å². The highest BCUT2D eigenvalue weighted by molar-refractivity contribution is 5.93. The van der Waals surface area contributed by atoms with Gasteiger partial charge in [-0.3, -0.25) is 0 Å². The first kappa shape index (κ1) is 17.8. The molecule has 5 nitrogen and oxygen atoms in total. The van der Waals surface area contributed by atoms with Crippen molar-refractivity contribution in [3.05, 3.63) is 47.7 Å². The van der Waals surface area contributed by atoms with Gasteiger partial charge in [-0.15, -0.1) is 0 Å². The lowest BCUT2D eigenvalue weighted by molar-refractivity contribution is 0.306. The highest BCUT2D eigenvalue weighted by Crippen LogP contribution is 2.17. The molecule has 0 atom stereocenters. The van der Waals surface area contributed by atoms with E-state index in [2.05, 4.69) is 22.2 Å². The first-order valence-electron chi connectivity index (χ1n) is 8.36. The summed E-state index contributed by atoms with van der Waals surface area (Å²) >= 11 is 0. The molecule has 0 radical (unpaired) electrons. The van der Waals surface area contributed by atoms with Gasteiger partial charge in [0.25, 0.3) is 0 Å². The Morgan fingerprint density at radius 1 is 1.17 bits per heavy atom. The highest BCUT2D eigenvalue weighted by Gasteiger charge is 2.00. The third-order valence-corrected chi connectivity index (χ3v) is 3.46. The Kier molecular flexibility index (Phi) is 6.61. The van der Waals surface area contributed by atoms with Crippen LogP contribution in [0.3, 0.4) is 0 Å². The topological polar surface area (TPSA) is 72.5 Å². The van der Waals surface area contributed by atoms with Crippen molar-refractivity contribution in [2.24, 2.45) is 10.7 Å². The van der Waals surface area contributed by atoms with Crippen LogP contribution < -0.4 is 15.8 Å². The molecule has 1 aromatic heterocycles. The minimum absolute atomic E-state index is 0.309. The van der Waals surface area contributed by atoms with Gasteiger partial charge < -0.3 is 15.8 Å². The standard InChI is InChI=1S/C19H26N4O/c1-4-5-6-11-24-17-9-7-16(8-10-17)22-19(20)23-18-13-14(2)12-15(3)21-18/h7-10,12-13H,4-6,11H2,1-3H3,(H3,20,21,22,23). The number of guanidine groups is 1. The van der Waals surface area contributed by atoms with Crippen LogP contribution in [0.2, 0.25) is 0 Å². The van der Waals surface area contributed by atoms with Crippen molar-refractivity contribution in [3.8, 4) is 5.75 Å². The summed E-state index contributed by atoms with van der Waals surface area (Å²) in [6.45, 7) is 6.88. The number of aromatic nitrogens is 1. The fourth-order valence-electron chi connectivity index (χ4n) is 2.35. The van der Waals surface area contributed by atoms with Crippen molar-refractivity contribution in [3.63, 3.8) is 0 Å². The molecule has 0 unspecified atom stereocenters. The number of unbranched alkanes of at least 4 members (excludes halogenated alkanes) is 2. The Bertz CT molecular complexity index is 660. The van der Waals surface area contributed by atoms with E-state index in [0.717, 1.165) is 35.7 Å². The molecule has 3 N–H and O–H groups in total. The van der Waals surface area contributed by atoms with E-state index in [-0.39, 0.29) is 0 Å². The molecule has 128 valence electrons. The molecule has 1 aromatic carbocycles. The fraction of sp³-hybridized carbons (Fsp3) is 0.368. The first-order chi connectivity index (χ1) is 11.6. The molecule has 2 aromatic rings. The van der Waals surface area contributed by atoms with E-state index in [9.17, 15) is 0 Å². The van der Waals surface area contributed by atoms with Crippen LogP contribution in [0.1, 0.15) is 37.4 Å². The SMILES string of the molecule is CCCCCOc1ccc(NC(N)=Nc2cc(C)cc(C)n2)cc1. The van der Waals surface area contributed by atoms with Crippen molar-refractivity contribution < 1.29 is 4.74 Å². The maximum atomic E-state index is 5.96. The van der Waals surface area contributed by atoms with Crippen LogP contribution in [0, 0.1) is 13.8 Å². The third kappa shape index (κ3) is 5.91. The molecule has 24 heavy (non-hydrogen) atoms. The van der Waals surface area contributed by atoms with E-state index in [1.807, 2.05) is 50.2 Å². The molecule has 5 heteroatoms. The Morgan fingerprint density at radius 3 is 2.58 bits per heavy atom. The summed E-state index contributed by atoms with van der Waals surface area (Å²) in [5.41, 5.74) is 8.85. The molecule has 0 aliphatic rings. The zero-order valence-electron chi connectivity index (χ0n) is 14.7. The molecule has 0 spiro atoms. The number of rotatable bonds is 7. The molecule has 0 saturated carbocycles. The number of nitrogens with one attached hydrogen (secondary N) is 1. The summed E-state index contributed by atoms with van der Waals surface area (Å²) in [6.07, 6.45) is 3.47. The van der Waals surface area contributed by atoms with Crippen molar-refractivity contribution in [1.82, 2.24) is 4.98 Å². The highest BCUT2D eigenvalue weighted by atomic mass is 16.5. The van der Waals surface area contributed by atoms with Gasteiger partial charge >= 0.3 is 0 Å². The van der Waals surface area contributed by atoms with Crippen LogP contribution in [-0.4, -0.2) is 17.6 Å². The van der Waals surface area contributed by atoms with Gasteiger partial charge in [0.1, 0.15) is 5.75 Å². The van der Waals surface area contributed by atoms with Gasteiger partial charge in [-0.25, -0.2) is 4.98 Å². The van der Waals surface area contributed by atoms with Crippen LogP contribution in [0.4, 0.5) is 11.5 Å². The average Bonchev–Trinajstić information content (AvgIpc) is 2.52. The molecule has 2 rings (SSSR count). The van der Waals surface area contributed by atoms with Crippen molar-refractivity contribution in [1.29, 1.82) is 0 Å². The minimum atomic E-state index is 0.309. The van der Waals surface area contributed by atoms with Crippen molar-refractivity contribution in [2.45, 2.75) is 40.0 Å². The van der Waals surface area contributed by atoms with E-state index in [0.29, 0.717) is 11.8 Å². The smallest absolute Gasteiger partial charge is 0.199 e. The lowest BCUT2D eigenvalue weighted by Crippen LogP contribution is -2.22. The predicted molar refractivity (Wildman–Crippen MR) is 100 cm³/mol. The number of nitrogens with two attached hydrogens (primary N) is 1. The largest absolute Gasteiger partial charge is 0.494 e. The molecule has 0 aliphatic heterocycles. The van der Waals surface area contributed by atoms with Crippen LogP contribution in [0.15, 0.2) is 41.4 Å². The van der Waals surface area contributed by atoms with Gasteiger partial charge in [0.15, 0.2) is 11.8 Å². The van der Waals surface area contributed by atoms with Crippen molar-refractivity contribution >= 4 is 17.5 Å². The summed E-state index contributed by atoms with van der Waals surface area (Å²) in [7, 11) is 0. The lowest BCUT2D eigenvalue weighted by atomic mass is 10.2. The number of benzene rings is 1. The zero-order chi connectivity index (χ0) is 17.4. The summed E-state index contributed by atoms with van der Waals surface area (Å²) < 4.78 is 5.69. The molecular weight excluding hydrogens is 300 g/mol. The quantitative estimate of drug-likeness (QED) is 0.451. The second-order valence-corrected chi connectivity index (χ2v) is 5.85. The summed E-state index contributed by atoms with van der Waals surface area (Å²) in [5.74, 6) is 1.78. The molecule has 0 saturated heterocycles. The number of hydrogen-bond donors (Lipinski definition) is 2. The van der Waals surface area contributed by atoms with Crippen LogP contribution >= 0.6 is 0 Å². The first-order valence-corrected chi connectivity index (χ1v) is 8.36. The van der Waals surface area contributed by atoms with Gasteiger partial charge in [-0.05, 0) is 62.2 Å². The minimum Gasteiger partial charge on any atom is -0.494 e. The number of aliphatic imine (C=N–C) groups is 1. The summed E-state index contributed by atoms with van der Waals surface area (Å²) in [5, 5.41) is 3.07. The summed E-state index contributed by atoms with van der Waals surface area (Å²) in [4.78, 5) is 8.66. The van der Waals surface area contributed by atoms with Gasteiger partial charge in [0.2, 0.25) is 0 Å². The maximum absolute atomic E-state index is 5.96. The number of hydrogen-bond acceptors (Lipinski definition) is 3. The molecule has 0 aliphatic carbocycles. The molecular formula is C19H26N4O. The number of ether oxygens (including phenoxy) is 1. The number of nitrogens with zero attached hydrogens (tertiary/aromatic N) is 2. The van der Waals surface area contributed by atoms with Crippen LogP contribution in [0.25, 0.3) is 0 Å². The number of aryl methyl sites for hydroxylation is 2. The van der Waals surface area contributed by atoms with Gasteiger partial charge in [-0.1, -0.05) is 19.8 Å². The number of anilines is 1. The normalized spacial score (nSPS) is 11.4. The average molecular weight is 326 g/mol. The maximum Gasteiger partial charge on any atom is 0.199 e. The monoisotopic (exact) mass is 326 g/mol. The van der Waals surface area contributed by atoms with E-state index in [1.165, 1.54) is 12.8 Å². The van der Waals surface area contributed by atoms with E-state index < -0.39 is 0 Å². The predicted octanol–water partition coefficient (Wildman–Crippen LogP) is 4.33.